The molecule has 0 spiro atoms. The molecule has 0 heterocycles. The first-order chi connectivity index (χ1) is 7.91. The van der Waals surface area contributed by atoms with Crippen molar-refractivity contribution >= 4 is 11.8 Å². The maximum Gasteiger partial charge on any atom is 0.306 e. The first kappa shape index (κ1) is 13.3. The molecule has 0 bridgehead atoms. The highest BCUT2D eigenvalue weighted by atomic mass is 19.3. The summed E-state index contributed by atoms with van der Waals surface area (Å²) < 4.78 is 24.8. The molecule has 0 aromatic heterocycles. The summed E-state index contributed by atoms with van der Waals surface area (Å²) in [4.78, 5) is 22.2. The van der Waals surface area contributed by atoms with E-state index in [2.05, 4.69) is 0 Å². The zero-order chi connectivity index (χ0) is 13.0. The first-order valence-electron chi connectivity index (χ1n) is 5.06. The minimum Gasteiger partial charge on any atom is -0.481 e. The zero-order valence-corrected chi connectivity index (χ0v) is 9.19. The van der Waals surface area contributed by atoms with Gasteiger partial charge in [0.1, 0.15) is 0 Å². The maximum absolute atomic E-state index is 12.4. The van der Waals surface area contributed by atoms with Crippen molar-refractivity contribution in [2.45, 2.75) is 19.8 Å². The molecule has 92 valence electrons. The molecule has 1 rings (SSSR count). The number of aliphatic carboxylic acids is 1. The average molecular weight is 242 g/mol. The molecule has 0 aliphatic heterocycles. The van der Waals surface area contributed by atoms with Gasteiger partial charge in [-0.2, -0.15) is 0 Å². The summed E-state index contributed by atoms with van der Waals surface area (Å²) in [5, 5.41) is 8.65. The number of benzene rings is 1. The SMILES string of the molecule is CC(CC(=O)c1cccc(C(F)F)c1)C(=O)O. The third-order valence-corrected chi connectivity index (χ3v) is 2.37. The van der Waals surface area contributed by atoms with Crippen LogP contribution in [0.25, 0.3) is 0 Å². The minimum absolute atomic E-state index is 0.121. The van der Waals surface area contributed by atoms with Crippen molar-refractivity contribution in [3.8, 4) is 0 Å². The Kier molecular flexibility index (Phi) is 4.31. The van der Waals surface area contributed by atoms with E-state index in [0.717, 1.165) is 6.07 Å². The number of carbonyl (C=O) groups excluding carboxylic acids is 1. The van der Waals surface area contributed by atoms with Crippen LogP contribution in [0.5, 0.6) is 0 Å². The predicted octanol–water partition coefficient (Wildman–Crippen LogP) is 2.92. The van der Waals surface area contributed by atoms with Crippen molar-refractivity contribution in [1.29, 1.82) is 0 Å². The number of hydrogen-bond acceptors (Lipinski definition) is 2. The van der Waals surface area contributed by atoms with Crippen molar-refractivity contribution in [2.24, 2.45) is 5.92 Å². The zero-order valence-electron chi connectivity index (χ0n) is 9.19. The highest BCUT2D eigenvalue weighted by Crippen LogP contribution is 2.20. The van der Waals surface area contributed by atoms with Crippen molar-refractivity contribution in [2.75, 3.05) is 0 Å². The predicted molar refractivity (Wildman–Crippen MR) is 57.1 cm³/mol. The van der Waals surface area contributed by atoms with Crippen LogP contribution in [0.1, 0.15) is 35.7 Å². The van der Waals surface area contributed by atoms with E-state index in [0.29, 0.717) is 0 Å². The van der Waals surface area contributed by atoms with Crippen molar-refractivity contribution in [3.63, 3.8) is 0 Å². The molecule has 5 heteroatoms. The second-order valence-corrected chi connectivity index (χ2v) is 3.79. The Balaban J connectivity index is 2.82. The van der Waals surface area contributed by atoms with Crippen LogP contribution in [0, 0.1) is 5.92 Å². The lowest BCUT2D eigenvalue weighted by Crippen LogP contribution is -2.14. The highest BCUT2D eigenvalue weighted by Gasteiger charge is 2.18. The maximum atomic E-state index is 12.4. The minimum atomic E-state index is -2.64. The summed E-state index contributed by atoms with van der Waals surface area (Å²) in [5.41, 5.74) is -0.116. The third-order valence-electron chi connectivity index (χ3n) is 2.37. The molecule has 17 heavy (non-hydrogen) atoms. The van der Waals surface area contributed by atoms with Gasteiger partial charge in [0.05, 0.1) is 5.92 Å². The van der Waals surface area contributed by atoms with Gasteiger partial charge in [0, 0.05) is 17.5 Å². The number of hydrogen-bond donors (Lipinski definition) is 1. The molecule has 1 atom stereocenters. The van der Waals surface area contributed by atoms with E-state index in [4.69, 9.17) is 5.11 Å². The molecular weight excluding hydrogens is 230 g/mol. The van der Waals surface area contributed by atoms with Gasteiger partial charge in [0.2, 0.25) is 0 Å². The van der Waals surface area contributed by atoms with Crippen LogP contribution < -0.4 is 0 Å². The van der Waals surface area contributed by atoms with Gasteiger partial charge in [0.25, 0.3) is 6.43 Å². The Morgan fingerprint density at radius 3 is 2.53 bits per heavy atom. The fourth-order valence-electron chi connectivity index (χ4n) is 1.33. The molecule has 1 unspecified atom stereocenters. The Bertz CT molecular complexity index is 430. The Morgan fingerprint density at radius 2 is 2.00 bits per heavy atom. The molecule has 0 saturated carbocycles. The van der Waals surface area contributed by atoms with Gasteiger partial charge in [-0.1, -0.05) is 25.1 Å². The van der Waals surface area contributed by atoms with Crippen LogP contribution >= 0.6 is 0 Å². The number of carboxylic acid groups (broad SMARTS) is 1. The third kappa shape index (κ3) is 3.62. The number of carbonyl (C=O) groups is 2. The Hall–Kier alpha value is -1.78. The van der Waals surface area contributed by atoms with Gasteiger partial charge in [-0.15, -0.1) is 0 Å². The molecule has 0 amide bonds. The van der Waals surface area contributed by atoms with Crippen LogP contribution in [0.2, 0.25) is 0 Å². The molecule has 1 aromatic carbocycles. The number of Topliss-reactive ketones (excluding diaryl/α,β-unsaturated/α-hetero) is 1. The smallest absolute Gasteiger partial charge is 0.306 e. The summed E-state index contributed by atoms with van der Waals surface area (Å²) in [6, 6.07) is 5.09. The number of rotatable bonds is 5. The van der Waals surface area contributed by atoms with E-state index in [1.165, 1.54) is 25.1 Å². The summed E-state index contributed by atoms with van der Waals surface area (Å²) in [7, 11) is 0. The Labute approximate surface area is 97.1 Å². The quantitative estimate of drug-likeness (QED) is 0.807. The molecule has 0 aliphatic rings. The van der Waals surface area contributed by atoms with Gasteiger partial charge >= 0.3 is 5.97 Å². The van der Waals surface area contributed by atoms with E-state index >= 15 is 0 Å². The standard InChI is InChI=1S/C12H12F2O3/c1-7(12(16)17)5-10(15)8-3-2-4-9(6-8)11(13)14/h2-4,6-7,11H,5H2,1H3,(H,16,17). The molecule has 0 radical (unpaired) electrons. The Morgan fingerprint density at radius 1 is 1.35 bits per heavy atom. The number of carboxylic acids is 1. The number of halogens is 2. The van der Waals surface area contributed by atoms with Gasteiger partial charge in [-0.05, 0) is 6.07 Å². The van der Waals surface area contributed by atoms with Gasteiger partial charge in [0.15, 0.2) is 5.78 Å². The largest absolute Gasteiger partial charge is 0.481 e. The molecule has 1 aromatic rings. The first-order valence-corrected chi connectivity index (χ1v) is 5.06. The molecular formula is C12H12F2O3. The topological polar surface area (TPSA) is 54.4 Å². The molecule has 3 nitrogen and oxygen atoms in total. The molecule has 0 aliphatic carbocycles. The summed E-state index contributed by atoms with van der Waals surface area (Å²) in [5.74, 6) is -2.34. The second kappa shape index (κ2) is 5.52. The number of alkyl halides is 2. The van der Waals surface area contributed by atoms with Crippen LogP contribution in [0.3, 0.4) is 0 Å². The summed E-state index contributed by atoms with van der Waals surface area (Å²) in [6.07, 6.45) is -2.83. The number of ketones is 1. The monoisotopic (exact) mass is 242 g/mol. The van der Waals surface area contributed by atoms with E-state index in [1.807, 2.05) is 0 Å². The lowest BCUT2D eigenvalue weighted by Gasteiger charge is -2.06. The summed E-state index contributed by atoms with van der Waals surface area (Å²) in [6.45, 7) is 1.40. The highest BCUT2D eigenvalue weighted by molar-refractivity contribution is 5.98. The summed E-state index contributed by atoms with van der Waals surface area (Å²) >= 11 is 0. The van der Waals surface area contributed by atoms with Crippen LogP contribution in [-0.2, 0) is 4.79 Å². The normalized spacial score (nSPS) is 12.5. The van der Waals surface area contributed by atoms with Gasteiger partial charge in [-0.3, -0.25) is 9.59 Å². The van der Waals surface area contributed by atoms with Crippen molar-refractivity contribution in [3.05, 3.63) is 35.4 Å². The molecule has 0 saturated heterocycles. The van der Waals surface area contributed by atoms with Crippen molar-refractivity contribution < 1.29 is 23.5 Å². The van der Waals surface area contributed by atoms with Gasteiger partial charge in [-0.25, -0.2) is 8.78 Å². The van der Waals surface area contributed by atoms with E-state index in [9.17, 15) is 18.4 Å². The fourth-order valence-corrected chi connectivity index (χ4v) is 1.33. The van der Waals surface area contributed by atoms with Crippen LogP contribution in [-0.4, -0.2) is 16.9 Å². The lowest BCUT2D eigenvalue weighted by molar-refractivity contribution is -0.141. The van der Waals surface area contributed by atoms with Crippen molar-refractivity contribution in [1.82, 2.24) is 0 Å². The van der Waals surface area contributed by atoms with Crippen LogP contribution in [0.4, 0.5) is 8.78 Å². The van der Waals surface area contributed by atoms with Gasteiger partial charge < -0.3 is 5.11 Å². The molecule has 1 N–H and O–H groups in total. The van der Waals surface area contributed by atoms with E-state index in [-0.39, 0.29) is 17.5 Å². The van der Waals surface area contributed by atoms with Crippen LogP contribution in [0.15, 0.2) is 24.3 Å². The van der Waals surface area contributed by atoms with E-state index in [1.54, 1.807) is 0 Å². The fraction of sp³-hybridized carbons (Fsp3) is 0.333. The lowest BCUT2D eigenvalue weighted by atomic mass is 9.99. The van der Waals surface area contributed by atoms with E-state index < -0.39 is 24.1 Å². The second-order valence-electron chi connectivity index (χ2n) is 3.79. The molecule has 0 fully saturated rings. The average Bonchev–Trinajstić information content (AvgIpc) is 2.28.